The van der Waals surface area contributed by atoms with Gasteiger partial charge < -0.3 is 10.5 Å². The second-order valence-corrected chi connectivity index (χ2v) is 4.93. The van der Waals surface area contributed by atoms with Gasteiger partial charge >= 0.3 is 0 Å². The van der Waals surface area contributed by atoms with Gasteiger partial charge in [0.1, 0.15) is 5.82 Å². The smallest absolute Gasteiger partial charge is 0.128 e. The maximum atomic E-state index is 14.2. The minimum atomic E-state index is -0.499. The van der Waals surface area contributed by atoms with Gasteiger partial charge in [-0.25, -0.2) is 4.39 Å². The molecule has 0 aliphatic carbocycles. The van der Waals surface area contributed by atoms with Crippen molar-refractivity contribution >= 4 is 0 Å². The molecule has 0 aliphatic rings. The van der Waals surface area contributed by atoms with Gasteiger partial charge in [0.05, 0.1) is 11.6 Å². The third-order valence-corrected chi connectivity index (χ3v) is 3.96. The van der Waals surface area contributed by atoms with Gasteiger partial charge in [-0.3, -0.25) is 0 Å². The molecule has 1 atom stereocenters. The van der Waals surface area contributed by atoms with Crippen LogP contribution in [0, 0.1) is 19.7 Å². The Labute approximate surface area is 109 Å². The van der Waals surface area contributed by atoms with E-state index in [4.69, 9.17) is 10.5 Å². The summed E-state index contributed by atoms with van der Waals surface area (Å²) >= 11 is 0. The quantitative estimate of drug-likeness (QED) is 0.869. The van der Waals surface area contributed by atoms with Crippen LogP contribution in [0.3, 0.4) is 0 Å². The van der Waals surface area contributed by atoms with Crippen molar-refractivity contribution in [1.29, 1.82) is 0 Å². The second kappa shape index (κ2) is 5.81. The lowest BCUT2D eigenvalue weighted by Gasteiger charge is -2.37. The molecule has 18 heavy (non-hydrogen) atoms. The SMILES string of the molecule is CCC(CC)(OC)C(N)c1c(C)cc(C)cc1F. The predicted molar refractivity (Wildman–Crippen MR) is 73.1 cm³/mol. The van der Waals surface area contributed by atoms with E-state index in [1.165, 1.54) is 6.07 Å². The molecule has 0 bridgehead atoms. The average Bonchev–Trinajstić information content (AvgIpc) is 2.30. The highest BCUT2D eigenvalue weighted by Gasteiger charge is 2.36. The van der Waals surface area contributed by atoms with Crippen LogP contribution in [-0.4, -0.2) is 12.7 Å². The fourth-order valence-corrected chi connectivity index (χ4v) is 2.69. The largest absolute Gasteiger partial charge is 0.376 e. The van der Waals surface area contributed by atoms with Crippen molar-refractivity contribution in [3.8, 4) is 0 Å². The number of methoxy groups -OCH3 is 1. The Balaban J connectivity index is 3.29. The van der Waals surface area contributed by atoms with Gasteiger partial charge in [0.25, 0.3) is 0 Å². The molecule has 0 fully saturated rings. The van der Waals surface area contributed by atoms with Gasteiger partial charge in [0.15, 0.2) is 0 Å². The van der Waals surface area contributed by atoms with E-state index in [-0.39, 0.29) is 5.82 Å². The first-order chi connectivity index (χ1) is 8.41. The monoisotopic (exact) mass is 253 g/mol. The van der Waals surface area contributed by atoms with Crippen molar-refractivity contribution in [2.45, 2.75) is 52.2 Å². The standard InChI is InChI=1S/C15H24FNO/c1-6-15(7-2,18-5)14(17)13-11(4)8-10(3)9-12(13)16/h8-9,14H,6-7,17H2,1-5H3. The molecule has 102 valence electrons. The highest BCUT2D eigenvalue weighted by atomic mass is 19.1. The molecule has 0 spiro atoms. The van der Waals surface area contributed by atoms with E-state index in [0.717, 1.165) is 24.0 Å². The van der Waals surface area contributed by atoms with E-state index in [9.17, 15) is 4.39 Å². The van der Waals surface area contributed by atoms with Gasteiger partial charge in [-0.1, -0.05) is 19.9 Å². The first kappa shape index (κ1) is 15.1. The highest BCUT2D eigenvalue weighted by Crippen LogP contribution is 2.35. The summed E-state index contributed by atoms with van der Waals surface area (Å²) in [7, 11) is 1.65. The van der Waals surface area contributed by atoms with Crippen molar-refractivity contribution in [3.05, 3.63) is 34.6 Å². The van der Waals surface area contributed by atoms with Gasteiger partial charge in [-0.15, -0.1) is 0 Å². The Hall–Kier alpha value is -0.930. The molecule has 0 heterocycles. The lowest BCUT2D eigenvalue weighted by Crippen LogP contribution is -2.42. The van der Waals surface area contributed by atoms with Crippen molar-refractivity contribution in [2.75, 3.05) is 7.11 Å². The molecule has 0 saturated heterocycles. The summed E-state index contributed by atoms with van der Waals surface area (Å²) in [4.78, 5) is 0. The van der Waals surface area contributed by atoms with E-state index < -0.39 is 11.6 Å². The maximum absolute atomic E-state index is 14.2. The Morgan fingerprint density at radius 2 is 1.83 bits per heavy atom. The van der Waals surface area contributed by atoms with Crippen LogP contribution in [-0.2, 0) is 4.74 Å². The molecule has 3 heteroatoms. The number of halogens is 1. The molecule has 0 radical (unpaired) electrons. The zero-order valence-corrected chi connectivity index (χ0v) is 12.0. The third kappa shape index (κ3) is 2.57. The zero-order valence-electron chi connectivity index (χ0n) is 12.0. The minimum Gasteiger partial charge on any atom is -0.376 e. The van der Waals surface area contributed by atoms with E-state index in [2.05, 4.69) is 0 Å². The Morgan fingerprint density at radius 1 is 1.28 bits per heavy atom. The normalized spacial score (nSPS) is 13.7. The van der Waals surface area contributed by atoms with Gasteiger partial charge in [-0.2, -0.15) is 0 Å². The molecule has 0 aliphatic heterocycles. The summed E-state index contributed by atoms with van der Waals surface area (Å²) in [5, 5.41) is 0. The highest BCUT2D eigenvalue weighted by molar-refractivity contribution is 5.35. The predicted octanol–water partition coefficient (Wildman–Crippen LogP) is 3.65. The summed E-state index contributed by atoms with van der Waals surface area (Å²) in [5.74, 6) is -0.233. The first-order valence-corrected chi connectivity index (χ1v) is 6.49. The molecule has 1 unspecified atom stereocenters. The summed E-state index contributed by atoms with van der Waals surface area (Å²) in [6, 6.07) is 3.05. The minimum absolute atomic E-state index is 0.233. The van der Waals surface area contributed by atoms with Crippen LogP contribution in [0.4, 0.5) is 4.39 Å². The number of rotatable bonds is 5. The van der Waals surface area contributed by atoms with Crippen molar-refractivity contribution in [1.82, 2.24) is 0 Å². The maximum Gasteiger partial charge on any atom is 0.128 e. The fourth-order valence-electron chi connectivity index (χ4n) is 2.69. The molecule has 0 amide bonds. The molecular weight excluding hydrogens is 229 g/mol. The summed E-state index contributed by atoms with van der Waals surface area (Å²) < 4.78 is 19.8. The fraction of sp³-hybridized carbons (Fsp3) is 0.600. The van der Waals surface area contributed by atoms with Crippen LogP contribution >= 0.6 is 0 Å². The number of benzene rings is 1. The summed E-state index contributed by atoms with van der Waals surface area (Å²) in [6.07, 6.45) is 1.52. The van der Waals surface area contributed by atoms with E-state index in [0.29, 0.717) is 5.56 Å². The number of hydrogen-bond donors (Lipinski definition) is 1. The van der Waals surface area contributed by atoms with E-state index in [1.54, 1.807) is 7.11 Å². The molecule has 2 N–H and O–H groups in total. The van der Waals surface area contributed by atoms with Crippen molar-refractivity contribution in [2.24, 2.45) is 5.73 Å². The van der Waals surface area contributed by atoms with Crippen LogP contribution in [0.15, 0.2) is 12.1 Å². The van der Waals surface area contributed by atoms with E-state index >= 15 is 0 Å². The van der Waals surface area contributed by atoms with Crippen molar-refractivity contribution in [3.63, 3.8) is 0 Å². The van der Waals surface area contributed by atoms with Crippen LogP contribution in [0.25, 0.3) is 0 Å². The lowest BCUT2D eigenvalue weighted by atomic mass is 9.82. The molecular formula is C15H24FNO. The van der Waals surface area contributed by atoms with Crippen LogP contribution < -0.4 is 5.73 Å². The average molecular weight is 253 g/mol. The number of aryl methyl sites for hydroxylation is 2. The van der Waals surface area contributed by atoms with E-state index in [1.807, 2.05) is 33.8 Å². The Kier molecular flexibility index (Phi) is 4.88. The molecule has 1 aromatic carbocycles. The zero-order chi connectivity index (χ0) is 13.9. The Morgan fingerprint density at radius 3 is 2.22 bits per heavy atom. The topological polar surface area (TPSA) is 35.2 Å². The molecule has 0 saturated carbocycles. The van der Waals surface area contributed by atoms with Crippen LogP contribution in [0.1, 0.15) is 49.4 Å². The second-order valence-electron chi connectivity index (χ2n) is 4.93. The summed E-state index contributed by atoms with van der Waals surface area (Å²) in [5.41, 5.74) is 8.17. The van der Waals surface area contributed by atoms with Crippen LogP contribution in [0.5, 0.6) is 0 Å². The molecule has 1 aromatic rings. The van der Waals surface area contributed by atoms with Gasteiger partial charge in [0, 0.05) is 12.7 Å². The third-order valence-electron chi connectivity index (χ3n) is 3.96. The molecule has 2 nitrogen and oxygen atoms in total. The first-order valence-electron chi connectivity index (χ1n) is 6.49. The van der Waals surface area contributed by atoms with Crippen molar-refractivity contribution < 1.29 is 9.13 Å². The van der Waals surface area contributed by atoms with Gasteiger partial charge in [-0.05, 0) is 43.9 Å². The Bertz CT molecular complexity index is 382. The number of nitrogens with two attached hydrogens (primary N) is 1. The lowest BCUT2D eigenvalue weighted by molar-refractivity contribution is -0.0394. The molecule has 0 aromatic heterocycles. The number of hydrogen-bond acceptors (Lipinski definition) is 2. The van der Waals surface area contributed by atoms with Gasteiger partial charge in [0.2, 0.25) is 0 Å². The number of ether oxygens (including phenoxy) is 1. The summed E-state index contributed by atoms with van der Waals surface area (Å²) in [6.45, 7) is 7.83. The molecule has 1 rings (SSSR count). The van der Waals surface area contributed by atoms with Crippen LogP contribution in [0.2, 0.25) is 0 Å².